The molecule has 0 amide bonds. The van der Waals surface area contributed by atoms with E-state index in [1.807, 2.05) is 24.3 Å². The topological polar surface area (TPSA) is 71.3 Å². The first-order valence-corrected chi connectivity index (χ1v) is 7.89. The molecule has 0 radical (unpaired) electrons. The fraction of sp³-hybridized carbons (Fsp3) is 0.444. The molecule has 0 bridgehead atoms. The van der Waals surface area contributed by atoms with E-state index in [1.54, 1.807) is 6.07 Å². The Hall–Kier alpha value is -2.48. The molecule has 0 unspecified atom stereocenters. The van der Waals surface area contributed by atoms with Crippen LogP contribution in [0.25, 0.3) is 0 Å². The molecule has 0 spiro atoms. The Labute approximate surface area is 137 Å². The Bertz CT molecular complexity index is 544. The zero-order chi connectivity index (χ0) is 16.9. The Morgan fingerprint density at radius 3 is 2.52 bits per heavy atom. The van der Waals surface area contributed by atoms with Crippen molar-refractivity contribution in [2.45, 2.75) is 39.0 Å². The number of nitrogens with zero attached hydrogens (tertiary/aromatic N) is 1. The van der Waals surface area contributed by atoms with Gasteiger partial charge < -0.3 is 14.8 Å². The highest BCUT2D eigenvalue weighted by Crippen LogP contribution is 2.16. The molecule has 1 N–H and O–H groups in total. The number of rotatable bonds is 10. The predicted octanol–water partition coefficient (Wildman–Crippen LogP) is 4.03. The van der Waals surface area contributed by atoms with Gasteiger partial charge in [-0.15, -0.1) is 0 Å². The van der Waals surface area contributed by atoms with Gasteiger partial charge in [0, 0.05) is 11.9 Å². The number of benzene rings is 1. The third-order valence-corrected chi connectivity index (χ3v) is 3.28. The summed E-state index contributed by atoms with van der Waals surface area (Å²) in [4.78, 5) is 11.3. The van der Waals surface area contributed by atoms with Gasteiger partial charge in [-0.05, 0) is 30.7 Å². The average Bonchev–Trinajstić information content (AvgIpc) is 2.59. The summed E-state index contributed by atoms with van der Waals surface area (Å²) in [6, 6.07) is 9.15. The lowest BCUT2D eigenvalue weighted by molar-refractivity contribution is -0.135. The quantitative estimate of drug-likeness (QED) is 0.305. The summed E-state index contributed by atoms with van der Waals surface area (Å²) >= 11 is 0. The van der Waals surface area contributed by atoms with E-state index in [0.717, 1.165) is 24.5 Å². The molecule has 1 aromatic rings. The van der Waals surface area contributed by atoms with E-state index in [1.165, 1.54) is 39.0 Å². The first-order valence-electron chi connectivity index (χ1n) is 7.89. The third-order valence-electron chi connectivity index (χ3n) is 3.28. The normalized spacial score (nSPS) is 10.7. The van der Waals surface area contributed by atoms with Crippen LogP contribution in [0.2, 0.25) is 0 Å². The van der Waals surface area contributed by atoms with Crippen molar-refractivity contribution < 1.29 is 14.3 Å². The maximum atomic E-state index is 11.3. The fourth-order valence-electron chi connectivity index (χ4n) is 1.95. The molecule has 0 heterocycles. The van der Waals surface area contributed by atoms with E-state index in [9.17, 15) is 4.79 Å². The zero-order valence-corrected chi connectivity index (χ0v) is 13.8. The number of carbonyl (C=O) groups excluding carboxylic acids is 1. The van der Waals surface area contributed by atoms with Gasteiger partial charge in [0.1, 0.15) is 11.8 Å². The largest absolute Gasteiger partial charge is 0.494 e. The van der Waals surface area contributed by atoms with E-state index in [2.05, 4.69) is 17.0 Å². The van der Waals surface area contributed by atoms with Gasteiger partial charge in [-0.1, -0.05) is 32.6 Å². The van der Waals surface area contributed by atoms with Gasteiger partial charge in [-0.25, -0.2) is 4.79 Å². The number of nitrogens with one attached hydrogen (secondary N) is 1. The van der Waals surface area contributed by atoms with Gasteiger partial charge in [-0.2, -0.15) is 5.26 Å². The van der Waals surface area contributed by atoms with Gasteiger partial charge in [0.15, 0.2) is 5.57 Å². The number of anilines is 1. The van der Waals surface area contributed by atoms with Crippen LogP contribution < -0.4 is 10.1 Å². The number of unbranched alkanes of at least 4 members (excludes halogenated alkanes) is 4. The molecule has 0 aliphatic rings. The Morgan fingerprint density at radius 1 is 1.22 bits per heavy atom. The summed E-state index contributed by atoms with van der Waals surface area (Å²) in [6.07, 6.45) is 7.37. The molecule has 0 saturated carbocycles. The third kappa shape index (κ3) is 7.37. The second kappa shape index (κ2) is 11.1. The van der Waals surface area contributed by atoms with Gasteiger partial charge in [0.25, 0.3) is 0 Å². The molecular formula is C18H24N2O3. The lowest BCUT2D eigenvalue weighted by Crippen LogP contribution is -2.05. The van der Waals surface area contributed by atoms with Crippen LogP contribution in [0.5, 0.6) is 5.75 Å². The van der Waals surface area contributed by atoms with Crippen LogP contribution in [0.3, 0.4) is 0 Å². The second-order valence-electron chi connectivity index (χ2n) is 5.09. The van der Waals surface area contributed by atoms with E-state index in [4.69, 9.17) is 10.00 Å². The molecule has 23 heavy (non-hydrogen) atoms. The molecular weight excluding hydrogens is 292 g/mol. The van der Waals surface area contributed by atoms with Crippen molar-refractivity contribution in [2.75, 3.05) is 19.0 Å². The molecule has 0 atom stereocenters. The van der Waals surface area contributed by atoms with Crippen LogP contribution in [0.1, 0.15) is 39.0 Å². The van der Waals surface area contributed by atoms with Gasteiger partial charge >= 0.3 is 5.97 Å². The van der Waals surface area contributed by atoms with Crippen LogP contribution in [0, 0.1) is 11.3 Å². The number of hydrogen-bond donors (Lipinski definition) is 1. The Balaban J connectivity index is 2.40. The second-order valence-corrected chi connectivity index (χ2v) is 5.09. The average molecular weight is 316 g/mol. The highest BCUT2D eigenvalue weighted by molar-refractivity contribution is 5.92. The first-order chi connectivity index (χ1) is 11.2. The highest BCUT2D eigenvalue weighted by Gasteiger charge is 2.07. The van der Waals surface area contributed by atoms with Gasteiger partial charge in [0.2, 0.25) is 0 Å². The van der Waals surface area contributed by atoms with Crippen molar-refractivity contribution in [1.82, 2.24) is 0 Å². The van der Waals surface area contributed by atoms with E-state index >= 15 is 0 Å². The minimum absolute atomic E-state index is 0.0834. The maximum Gasteiger partial charge on any atom is 0.350 e. The number of methoxy groups -OCH3 is 1. The SMILES string of the molecule is CCCCCCCOc1ccc(N/C=C(/C#N)C(=O)OC)cc1. The van der Waals surface area contributed by atoms with Crippen LogP contribution in [0.15, 0.2) is 36.0 Å². The number of esters is 1. The first kappa shape index (κ1) is 18.6. The number of carbonyl (C=O) groups is 1. The molecule has 1 aromatic carbocycles. The van der Waals surface area contributed by atoms with Crippen molar-refractivity contribution in [2.24, 2.45) is 0 Å². The lowest BCUT2D eigenvalue weighted by atomic mass is 10.2. The maximum absolute atomic E-state index is 11.3. The van der Waals surface area contributed by atoms with Crippen molar-refractivity contribution in [3.8, 4) is 11.8 Å². The van der Waals surface area contributed by atoms with E-state index < -0.39 is 5.97 Å². The smallest absolute Gasteiger partial charge is 0.350 e. The van der Waals surface area contributed by atoms with E-state index in [-0.39, 0.29) is 5.57 Å². The standard InChI is InChI=1S/C18H24N2O3/c1-3-4-5-6-7-12-23-17-10-8-16(9-11-17)20-14-15(13-19)18(21)22-2/h8-11,14,20H,3-7,12H2,1-2H3/b15-14-. The molecule has 5 heteroatoms. The lowest BCUT2D eigenvalue weighted by Gasteiger charge is -2.07. The Morgan fingerprint density at radius 2 is 1.91 bits per heavy atom. The number of hydrogen-bond acceptors (Lipinski definition) is 5. The molecule has 0 aliphatic carbocycles. The van der Waals surface area contributed by atoms with Crippen molar-refractivity contribution >= 4 is 11.7 Å². The summed E-state index contributed by atoms with van der Waals surface area (Å²) in [7, 11) is 1.24. The highest BCUT2D eigenvalue weighted by atomic mass is 16.5. The molecule has 1 rings (SSSR count). The number of ether oxygens (including phenoxy) is 2. The van der Waals surface area contributed by atoms with Crippen molar-refractivity contribution in [3.05, 3.63) is 36.0 Å². The summed E-state index contributed by atoms with van der Waals surface area (Å²) in [5.41, 5.74) is 0.678. The summed E-state index contributed by atoms with van der Waals surface area (Å²) in [5.74, 6) is 0.145. The monoisotopic (exact) mass is 316 g/mol. The molecule has 0 aromatic heterocycles. The molecule has 0 aliphatic heterocycles. The van der Waals surface area contributed by atoms with Gasteiger partial charge in [0.05, 0.1) is 13.7 Å². The van der Waals surface area contributed by atoms with Gasteiger partial charge in [-0.3, -0.25) is 0 Å². The molecule has 0 saturated heterocycles. The van der Waals surface area contributed by atoms with Crippen LogP contribution in [0.4, 0.5) is 5.69 Å². The summed E-state index contributed by atoms with van der Waals surface area (Å²) in [5, 5.41) is 11.7. The van der Waals surface area contributed by atoms with Crippen molar-refractivity contribution in [3.63, 3.8) is 0 Å². The van der Waals surface area contributed by atoms with Crippen LogP contribution in [-0.2, 0) is 9.53 Å². The molecule has 124 valence electrons. The summed E-state index contributed by atoms with van der Waals surface area (Å²) in [6.45, 7) is 2.92. The summed E-state index contributed by atoms with van der Waals surface area (Å²) < 4.78 is 10.2. The van der Waals surface area contributed by atoms with E-state index in [0.29, 0.717) is 0 Å². The minimum atomic E-state index is -0.664. The molecule has 5 nitrogen and oxygen atoms in total. The zero-order valence-electron chi connectivity index (χ0n) is 13.8. The Kier molecular flexibility index (Phi) is 8.99. The predicted molar refractivity (Wildman–Crippen MR) is 90.0 cm³/mol. The molecule has 0 fully saturated rings. The number of nitriles is 1. The fourth-order valence-corrected chi connectivity index (χ4v) is 1.95. The van der Waals surface area contributed by atoms with Crippen molar-refractivity contribution in [1.29, 1.82) is 5.26 Å². The van der Waals surface area contributed by atoms with Crippen LogP contribution >= 0.6 is 0 Å². The minimum Gasteiger partial charge on any atom is -0.494 e. The van der Waals surface area contributed by atoms with Crippen LogP contribution in [-0.4, -0.2) is 19.7 Å².